The molecule has 1 aromatic carbocycles. The lowest BCUT2D eigenvalue weighted by molar-refractivity contribution is -0.113. The molecule has 1 amide bonds. The number of fused-ring (bicyclic) bond motifs is 1. The number of benzene rings is 1. The summed E-state index contributed by atoms with van der Waals surface area (Å²) in [5, 5.41) is 12.8. The van der Waals surface area contributed by atoms with Gasteiger partial charge in [0, 0.05) is 32.7 Å². The molecule has 1 aliphatic heterocycles. The van der Waals surface area contributed by atoms with Crippen molar-refractivity contribution in [1.29, 1.82) is 0 Å². The van der Waals surface area contributed by atoms with Gasteiger partial charge in [-0.2, -0.15) is 0 Å². The van der Waals surface area contributed by atoms with E-state index in [0.29, 0.717) is 12.0 Å². The minimum Gasteiger partial charge on any atom is -0.465 e. The molecule has 1 saturated carbocycles. The molecule has 1 aromatic rings. The molecule has 2 aliphatic rings. The number of carbonyl (C=O) groups excluding carboxylic acids is 1. The van der Waals surface area contributed by atoms with Gasteiger partial charge in [0.1, 0.15) is 6.29 Å². The summed E-state index contributed by atoms with van der Waals surface area (Å²) in [6.45, 7) is 6.14. The van der Waals surface area contributed by atoms with Gasteiger partial charge < -0.3 is 20.1 Å². The second-order valence-corrected chi connectivity index (χ2v) is 8.53. The van der Waals surface area contributed by atoms with Gasteiger partial charge in [-0.15, -0.1) is 0 Å². The standard InChI is InChI=1S/C22H33N3O3/c1-16(21(15-26)24(2)22(27)28)10-11-23-20-9-8-18-13-25(14-19(18)20)12-17-6-4-3-5-7-17/h3-7,15-16,18-21,23H,8-14H2,1-2H3,(H,27,28)/t16-,18+,19-,20-,21+/m0/s1. The van der Waals surface area contributed by atoms with E-state index in [-0.39, 0.29) is 5.92 Å². The number of aldehydes is 1. The number of hydrogen-bond donors (Lipinski definition) is 2. The maximum Gasteiger partial charge on any atom is 0.407 e. The van der Waals surface area contributed by atoms with Crippen LogP contribution in [0.2, 0.25) is 0 Å². The minimum atomic E-state index is -1.06. The third-order valence-corrected chi connectivity index (χ3v) is 6.66. The summed E-state index contributed by atoms with van der Waals surface area (Å²) in [5.74, 6) is 1.48. The van der Waals surface area contributed by atoms with Crippen LogP contribution in [0.1, 0.15) is 31.7 Å². The average Bonchev–Trinajstić information content (AvgIpc) is 3.24. The first-order valence-corrected chi connectivity index (χ1v) is 10.4. The first-order chi connectivity index (χ1) is 13.5. The molecule has 0 aromatic heterocycles. The van der Waals surface area contributed by atoms with Gasteiger partial charge >= 0.3 is 6.09 Å². The fraction of sp³-hybridized carbons (Fsp3) is 0.636. The third-order valence-electron chi connectivity index (χ3n) is 6.66. The van der Waals surface area contributed by atoms with Gasteiger partial charge in [-0.3, -0.25) is 4.90 Å². The molecule has 28 heavy (non-hydrogen) atoms. The molecule has 1 aliphatic carbocycles. The zero-order chi connectivity index (χ0) is 20.1. The number of hydrogen-bond acceptors (Lipinski definition) is 4. The number of amides is 1. The van der Waals surface area contributed by atoms with Crippen molar-refractivity contribution < 1.29 is 14.7 Å². The highest BCUT2D eigenvalue weighted by Gasteiger charge is 2.42. The normalized spacial score (nSPS) is 26.6. The van der Waals surface area contributed by atoms with Gasteiger partial charge in [0.25, 0.3) is 0 Å². The summed E-state index contributed by atoms with van der Waals surface area (Å²) in [6, 6.07) is 10.6. The zero-order valence-electron chi connectivity index (χ0n) is 17.0. The van der Waals surface area contributed by atoms with Crippen LogP contribution in [0.4, 0.5) is 4.79 Å². The van der Waals surface area contributed by atoms with Crippen molar-refractivity contribution in [3.05, 3.63) is 35.9 Å². The largest absolute Gasteiger partial charge is 0.465 e. The van der Waals surface area contributed by atoms with Crippen molar-refractivity contribution in [2.45, 2.75) is 44.8 Å². The summed E-state index contributed by atoms with van der Waals surface area (Å²) in [7, 11) is 1.47. The van der Waals surface area contributed by atoms with E-state index in [1.54, 1.807) is 0 Å². The molecule has 3 rings (SSSR count). The molecule has 2 N–H and O–H groups in total. The van der Waals surface area contributed by atoms with Crippen molar-refractivity contribution in [1.82, 2.24) is 15.1 Å². The number of carbonyl (C=O) groups is 2. The Hall–Kier alpha value is -1.92. The molecule has 0 spiro atoms. The van der Waals surface area contributed by atoms with Crippen LogP contribution in [-0.4, -0.2) is 66.1 Å². The van der Waals surface area contributed by atoms with Crippen molar-refractivity contribution >= 4 is 12.4 Å². The second-order valence-electron chi connectivity index (χ2n) is 8.53. The van der Waals surface area contributed by atoms with Gasteiger partial charge in [-0.05, 0) is 49.1 Å². The van der Waals surface area contributed by atoms with E-state index in [0.717, 1.165) is 43.2 Å². The fourth-order valence-electron chi connectivity index (χ4n) is 4.98. The Balaban J connectivity index is 1.44. The Bertz CT molecular complexity index is 654. The predicted molar refractivity (Wildman–Crippen MR) is 109 cm³/mol. The average molecular weight is 388 g/mol. The van der Waals surface area contributed by atoms with Crippen LogP contribution in [0.15, 0.2) is 30.3 Å². The Morgan fingerprint density at radius 2 is 2.07 bits per heavy atom. The molecule has 0 unspecified atom stereocenters. The SMILES string of the molecule is C[C@@H](CCN[C@H]1CC[C@@H]2CN(Cc3ccccc3)C[C@@H]21)[C@@H](C=O)N(C)C(=O)O. The number of rotatable bonds is 9. The molecular formula is C22H33N3O3. The zero-order valence-corrected chi connectivity index (χ0v) is 17.0. The molecule has 2 fully saturated rings. The molecule has 0 radical (unpaired) electrons. The number of carboxylic acid groups (broad SMARTS) is 1. The maximum absolute atomic E-state index is 11.3. The van der Waals surface area contributed by atoms with Gasteiger partial charge in [0.05, 0.1) is 6.04 Å². The minimum absolute atomic E-state index is 0.00135. The smallest absolute Gasteiger partial charge is 0.407 e. The highest BCUT2D eigenvalue weighted by atomic mass is 16.4. The quantitative estimate of drug-likeness (QED) is 0.638. The van der Waals surface area contributed by atoms with E-state index >= 15 is 0 Å². The summed E-state index contributed by atoms with van der Waals surface area (Å²) in [4.78, 5) is 26.1. The van der Waals surface area contributed by atoms with E-state index < -0.39 is 12.1 Å². The first kappa shape index (κ1) is 20.8. The van der Waals surface area contributed by atoms with Crippen molar-refractivity contribution in [3.63, 3.8) is 0 Å². The second kappa shape index (κ2) is 9.52. The van der Waals surface area contributed by atoms with Crippen LogP contribution >= 0.6 is 0 Å². The fourth-order valence-corrected chi connectivity index (χ4v) is 4.98. The molecule has 6 heteroatoms. The van der Waals surface area contributed by atoms with Crippen molar-refractivity contribution in [3.8, 4) is 0 Å². The van der Waals surface area contributed by atoms with Crippen LogP contribution in [0.3, 0.4) is 0 Å². The van der Waals surface area contributed by atoms with E-state index in [2.05, 4.69) is 40.5 Å². The summed E-state index contributed by atoms with van der Waals surface area (Å²) < 4.78 is 0. The number of nitrogens with zero attached hydrogens (tertiary/aromatic N) is 2. The van der Waals surface area contributed by atoms with Gasteiger partial charge in [0.15, 0.2) is 0 Å². The topological polar surface area (TPSA) is 72.9 Å². The van der Waals surface area contributed by atoms with E-state index in [4.69, 9.17) is 5.11 Å². The van der Waals surface area contributed by atoms with Crippen LogP contribution in [0.5, 0.6) is 0 Å². The summed E-state index contributed by atoms with van der Waals surface area (Å²) >= 11 is 0. The number of likely N-dealkylation sites (tertiary alicyclic amines) is 1. The number of likely N-dealkylation sites (N-methyl/N-ethyl adjacent to an activating group) is 1. The molecule has 0 bridgehead atoms. The lowest BCUT2D eigenvalue weighted by atomic mass is 9.96. The number of nitrogens with one attached hydrogen (secondary N) is 1. The molecule has 6 nitrogen and oxygen atoms in total. The highest BCUT2D eigenvalue weighted by molar-refractivity contribution is 5.71. The van der Waals surface area contributed by atoms with E-state index in [1.165, 1.54) is 32.0 Å². The molecule has 5 atom stereocenters. The monoisotopic (exact) mass is 387 g/mol. The Labute approximate surface area is 167 Å². The molecule has 1 heterocycles. The van der Waals surface area contributed by atoms with Crippen molar-refractivity contribution in [2.75, 3.05) is 26.7 Å². The molecule has 1 saturated heterocycles. The van der Waals surface area contributed by atoms with E-state index in [1.807, 2.05) is 6.92 Å². The summed E-state index contributed by atoms with van der Waals surface area (Å²) in [6.07, 6.45) is 2.99. The highest BCUT2D eigenvalue weighted by Crippen LogP contribution is 2.38. The third kappa shape index (κ3) is 4.92. The van der Waals surface area contributed by atoms with Crippen molar-refractivity contribution in [2.24, 2.45) is 17.8 Å². The van der Waals surface area contributed by atoms with Gasteiger partial charge in [-0.1, -0.05) is 37.3 Å². The molecular weight excluding hydrogens is 354 g/mol. The van der Waals surface area contributed by atoms with E-state index in [9.17, 15) is 9.59 Å². The Morgan fingerprint density at radius 1 is 1.32 bits per heavy atom. The maximum atomic E-state index is 11.3. The lowest BCUT2D eigenvalue weighted by Gasteiger charge is -2.27. The summed E-state index contributed by atoms with van der Waals surface area (Å²) in [5.41, 5.74) is 1.38. The first-order valence-electron chi connectivity index (χ1n) is 10.4. The van der Waals surface area contributed by atoms with Gasteiger partial charge in [-0.25, -0.2) is 4.79 Å². The Kier molecular flexibility index (Phi) is 7.08. The molecule has 154 valence electrons. The Morgan fingerprint density at radius 3 is 2.75 bits per heavy atom. The predicted octanol–water partition coefficient (Wildman–Crippen LogP) is 2.69. The van der Waals surface area contributed by atoms with Crippen LogP contribution in [-0.2, 0) is 11.3 Å². The van der Waals surface area contributed by atoms with Crippen LogP contribution in [0, 0.1) is 17.8 Å². The van der Waals surface area contributed by atoms with Crippen LogP contribution in [0.25, 0.3) is 0 Å². The van der Waals surface area contributed by atoms with Crippen LogP contribution < -0.4 is 5.32 Å². The lowest BCUT2D eigenvalue weighted by Crippen LogP contribution is -2.43. The van der Waals surface area contributed by atoms with Gasteiger partial charge in [0.2, 0.25) is 0 Å².